The fraction of sp³-hybridized carbons (Fsp3) is 0.355. The van der Waals surface area contributed by atoms with Gasteiger partial charge in [0, 0.05) is 17.0 Å². The molecule has 3 aromatic carbocycles. The molecule has 1 aliphatic heterocycles. The molecule has 4 rings (SSSR count). The first-order valence-corrected chi connectivity index (χ1v) is 12.8. The molecule has 1 heterocycles. The van der Waals surface area contributed by atoms with E-state index in [9.17, 15) is 13.9 Å². The summed E-state index contributed by atoms with van der Waals surface area (Å²) < 4.78 is 55.4. The highest BCUT2D eigenvalue weighted by Gasteiger charge is 2.29. The van der Waals surface area contributed by atoms with E-state index in [0.717, 1.165) is 24.8 Å². The Morgan fingerprint density at radius 1 is 1.00 bits per heavy atom. The smallest absolute Gasteiger partial charge is 0.201 e. The van der Waals surface area contributed by atoms with E-state index in [1.807, 2.05) is 13.0 Å². The quantitative estimate of drug-likeness (QED) is 0.222. The minimum atomic E-state index is -1.03. The molecule has 3 atom stereocenters. The van der Waals surface area contributed by atoms with E-state index >= 15 is 4.39 Å². The Balaban J connectivity index is 1.45. The molecule has 3 unspecified atom stereocenters. The first-order chi connectivity index (χ1) is 17.9. The molecule has 1 aliphatic rings. The fourth-order valence-corrected chi connectivity index (χ4v) is 4.78. The summed E-state index contributed by atoms with van der Waals surface area (Å²) in [5, 5.41) is 10.2. The van der Waals surface area contributed by atoms with Crippen molar-refractivity contribution >= 4 is 0 Å². The summed E-state index contributed by atoms with van der Waals surface area (Å²) in [4.78, 5) is 0. The molecule has 6 heteroatoms. The van der Waals surface area contributed by atoms with Crippen molar-refractivity contribution in [3.63, 3.8) is 0 Å². The minimum Gasteiger partial charge on any atom is -0.490 e. The molecule has 1 saturated heterocycles. The summed E-state index contributed by atoms with van der Waals surface area (Å²) >= 11 is 0. The molecule has 0 saturated carbocycles. The summed E-state index contributed by atoms with van der Waals surface area (Å²) in [5.74, 6) is -2.39. The SMILES string of the molecule is C=CCCOc1ccc(-c2ccc(-c3ccc(C4CCC(C(O)CCC)CO4)c(F)c3)cc2)c(F)c1F. The number of halogens is 3. The third-order valence-electron chi connectivity index (χ3n) is 6.94. The van der Waals surface area contributed by atoms with Gasteiger partial charge in [-0.3, -0.25) is 0 Å². The van der Waals surface area contributed by atoms with Gasteiger partial charge < -0.3 is 14.6 Å². The second kappa shape index (κ2) is 12.4. The molecule has 0 radical (unpaired) electrons. The zero-order chi connectivity index (χ0) is 26.4. The van der Waals surface area contributed by atoms with Crippen molar-refractivity contribution in [2.24, 2.45) is 5.92 Å². The second-order valence-electron chi connectivity index (χ2n) is 9.49. The van der Waals surface area contributed by atoms with Crippen molar-refractivity contribution in [2.75, 3.05) is 13.2 Å². The van der Waals surface area contributed by atoms with Gasteiger partial charge in [0.15, 0.2) is 11.6 Å². The van der Waals surface area contributed by atoms with E-state index in [1.165, 1.54) is 18.2 Å². The maximum atomic E-state index is 15.0. The van der Waals surface area contributed by atoms with Gasteiger partial charge in [-0.2, -0.15) is 4.39 Å². The molecule has 3 nitrogen and oxygen atoms in total. The van der Waals surface area contributed by atoms with Crippen LogP contribution in [0.5, 0.6) is 5.75 Å². The molecule has 0 bridgehead atoms. The lowest BCUT2D eigenvalue weighted by Gasteiger charge is -2.32. The molecule has 1 fully saturated rings. The van der Waals surface area contributed by atoms with Crippen LogP contribution in [-0.2, 0) is 4.74 Å². The third-order valence-corrected chi connectivity index (χ3v) is 6.94. The molecule has 0 aromatic heterocycles. The van der Waals surface area contributed by atoms with E-state index < -0.39 is 11.6 Å². The zero-order valence-electron chi connectivity index (χ0n) is 21.1. The number of benzene rings is 3. The topological polar surface area (TPSA) is 38.7 Å². The van der Waals surface area contributed by atoms with Gasteiger partial charge in [0.2, 0.25) is 5.82 Å². The summed E-state index contributed by atoms with van der Waals surface area (Å²) in [6.07, 6.45) is 4.60. The average molecular weight is 511 g/mol. The Kier molecular flexibility index (Phi) is 9.06. The minimum absolute atomic E-state index is 0.0938. The van der Waals surface area contributed by atoms with E-state index in [1.54, 1.807) is 36.4 Å². The highest BCUT2D eigenvalue weighted by atomic mass is 19.2. The van der Waals surface area contributed by atoms with Crippen LogP contribution < -0.4 is 4.74 Å². The van der Waals surface area contributed by atoms with Crippen molar-refractivity contribution in [1.29, 1.82) is 0 Å². The molecule has 0 amide bonds. The van der Waals surface area contributed by atoms with Crippen LogP contribution >= 0.6 is 0 Å². The van der Waals surface area contributed by atoms with E-state index in [2.05, 4.69) is 6.58 Å². The number of hydrogen-bond acceptors (Lipinski definition) is 3. The van der Waals surface area contributed by atoms with Crippen LogP contribution in [0.2, 0.25) is 0 Å². The molecule has 37 heavy (non-hydrogen) atoms. The summed E-state index contributed by atoms with van der Waals surface area (Å²) in [6.45, 7) is 6.26. The van der Waals surface area contributed by atoms with E-state index in [-0.39, 0.29) is 41.9 Å². The van der Waals surface area contributed by atoms with Crippen LogP contribution in [0.4, 0.5) is 13.2 Å². The van der Waals surface area contributed by atoms with Crippen molar-refractivity contribution in [2.45, 2.75) is 51.2 Å². The van der Waals surface area contributed by atoms with Gasteiger partial charge in [-0.15, -0.1) is 6.58 Å². The standard InChI is InChI=1S/C31H33F3O3/c1-3-5-17-36-29-16-14-24(30(33)31(29)34)21-9-7-20(8-10-21)22-11-13-25(26(32)18-22)28-15-12-23(19-37-28)27(35)6-4-2/h3,7-11,13-14,16,18,23,27-28,35H,1,4-6,12,15,17,19H2,2H3. The van der Waals surface area contributed by atoms with Crippen LogP contribution in [-0.4, -0.2) is 24.4 Å². The van der Waals surface area contributed by atoms with Crippen LogP contribution in [0.3, 0.4) is 0 Å². The first kappa shape index (κ1) is 27.0. The zero-order valence-corrected chi connectivity index (χ0v) is 21.1. The molecule has 196 valence electrons. The predicted octanol–water partition coefficient (Wildman–Crippen LogP) is 8.02. The third kappa shape index (κ3) is 6.25. The van der Waals surface area contributed by atoms with Crippen LogP contribution in [0.15, 0.2) is 67.3 Å². The van der Waals surface area contributed by atoms with Crippen LogP contribution in [0.25, 0.3) is 22.3 Å². The normalized spacial score (nSPS) is 18.4. The number of hydrogen-bond donors (Lipinski definition) is 1. The number of aliphatic hydroxyl groups is 1. The van der Waals surface area contributed by atoms with Crippen LogP contribution in [0, 0.1) is 23.4 Å². The lowest BCUT2D eigenvalue weighted by atomic mass is 9.88. The Hall–Kier alpha value is -3.09. The summed E-state index contributed by atoms with van der Waals surface area (Å²) in [6, 6.07) is 14.8. The van der Waals surface area contributed by atoms with Gasteiger partial charge >= 0.3 is 0 Å². The maximum Gasteiger partial charge on any atom is 0.201 e. The lowest BCUT2D eigenvalue weighted by molar-refractivity contribution is -0.0590. The van der Waals surface area contributed by atoms with Crippen LogP contribution in [0.1, 0.15) is 50.7 Å². The summed E-state index contributed by atoms with van der Waals surface area (Å²) in [7, 11) is 0. The molecular weight excluding hydrogens is 477 g/mol. The summed E-state index contributed by atoms with van der Waals surface area (Å²) in [5.41, 5.74) is 2.57. The molecule has 0 aliphatic carbocycles. The van der Waals surface area contributed by atoms with Gasteiger partial charge in [0.25, 0.3) is 0 Å². The van der Waals surface area contributed by atoms with Gasteiger partial charge in [-0.25, -0.2) is 8.78 Å². The molecule has 1 N–H and O–H groups in total. The Morgan fingerprint density at radius 2 is 1.73 bits per heavy atom. The Bertz CT molecular complexity index is 1200. The molecule has 3 aromatic rings. The lowest BCUT2D eigenvalue weighted by Crippen LogP contribution is -2.30. The van der Waals surface area contributed by atoms with Crippen molar-refractivity contribution in [3.05, 3.63) is 90.3 Å². The Morgan fingerprint density at radius 3 is 2.38 bits per heavy atom. The highest BCUT2D eigenvalue weighted by Crippen LogP contribution is 2.36. The Labute approximate surface area is 216 Å². The predicted molar refractivity (Wildman–Crippen MR) is 140 cm³/mol. The maximum absolute atomic E-state index is 15.0. The van der Waals surface area contributed by atoms with Gasteiger partial charge in [-0.1, -0.05) is 55.8 Å². The second-order valence-corrected chi connectivity index (χ2v) is 9.49. The molecular formula is C31H33F3O3. The number of aliphatic hydroxyl groups excluding tert-OH is 1. The first-order valence-electron chi connectivity index (χ1n) is 12.8. The average Bonchev–Trinajstić information content (AvgIpc) is 2.91. The van der Waals surface area contributed by atoms with Gasteiger partial charge in [0.1, 0.15) is 5.82 Å². The van der Waals surface area contributed by atoms with Gasteiger partial charge in [0.05, 0.1) is 25.4 Å². The van der Waals surface area contributed by atoms with Crippen molar-refractivity contribution in [1.82, 2.24) is 0 Å². The highest BCUT2D eigenvalue weighted by molar-refractivity contribution is 5.71. The number of ether oxygens (including phenoxy) is 2. The van der Waals surface area contributed by atoms with Crippen molar-refractivity contribution in [3.8, 4) is 28.0 Å². The van der Waals surface area contributed by atoms with Crippen molar-refractivity contribution < 1.29 is 27.8 Å². The monoisotopic (exact) mass is 510 g/mol. The van der Waals surface area contributed by atoms with E-state index in [0.29, 0.717) is 36.1 Å². The molecule has 0 spiro atoms. The van der Waals surface area contributed by atoms with Gasteiger partial charge in [-0.05, 0) is 60.6 Å². The fourth-order valence-electron chi connectivity index (χ4n) is 4.78. The largest absolute Gasteiger partial charge is 0.490 e. The van der Waals surface area contributed by atoms with E-state index in [4.69, 9.17) is 9.47 Å². The number of rotatable bonds is 10.